The molecule has 1 saturated heterocycles. The van der Waals surface area contributed by atoms with Crippen LogP contribution in [0.3, 0.4) is 0 Å². The van der Waals surface area contributed by atoms with Crippen LogP contribution in [-0.2, 0) is 22.1 Å². The van der Waals surface area contributed by atoms with Gasteiger partial charge < -0.3 is 19.5 Å². The monoisotopic (exact) mass is 501 g/mol. The average Bonchev–Trinajstić information content (AvgIpc) is 2.87. The molecule has 0 spiro atoms. The highest BCUT2D eigenvalue weighted by Gasteiger charge is 2.42. The second kappa shape index (κ2) is 9.26. The molecule has 0 aliphatic carbocycles. The fourth-order valence-corrected chi connectivity index (χ4v) is 4.18. The van der Waals surface area contributed by atoms with Crippen molar-refractivity contribution in [3.63, 3.8) is 0 Å². The van der Waals surface area contributed by atoms with Crippen LogP contribution in [0, 0.1) is 0 Å². The Labute approximate surface area is 203 Å². The number of fused-ring (bicyclic) bond motifs is 5. The first-order valence-corrected chi connectivity index (χ1v) is 11.3. The molecule has 0 saturated carbocycles. The quantitative estimate of drug-likeness (QED) is 0.566. The van der Waals surface area contributed by atoms with Crippen LogP contribution in [0.15, 0.2) is 30.8 Å². The summed E-state index contributed by atoms with van der Waals surface area (Å²) in [5, 5.41) is 2.60. The summed E-state index contributed by atoms with van der Waals surface area (Å²) in [6, 6.07) is 6.86. The predicted molar refractivity (Wildman–Crippen MR) is 125 cm³/mol. The lowest BCUT2D eigenvalue weighted by atomic mass is 10.0. The van der Waals surface area contributed by atoms with Crippen LogP contribution in [0.5, 0.6) is 11.8 Å². The Morgan fingerprint density at radius 2 is 1.89 bits per heavy atom. The van der Waals surface area contributed by atoms with Crippen LogP contribution in [0.4, 0.5) is 24.8 Å². The number of benzene rings is 1. The number of ether oxygens (including phenoxy) is 3. The molecule has 188 valence electrons. The molecular weight excluding hydrogens is 479 g/mol. The zero-order chi connectivity index (χ0) is 25.4. The number of para-hydroxylation sites is 1. The molecule has 9 nitrogen and oxygen atoms in total. The number of pyridine rings is 1. The molecule has 1 aromatic carbocycles. The molecule has 1 amide bonds. The molecule has 0 unspecified atom stereocenters. The van der Waals surface area contributed by atoms with Crippen molar-refractivity contribution in [1.82, 2.24) is 15.0 Å². The summed E-state index contributed by atoms with van der Waals surface area (Å²) in [6.45, 7) is 5.67. The maximum atomic E-state index is 14.7. The minimum Gasteiger partial charge on any atom is -0.489 e. The van der Waals surface area contributed by atoms with E-state index >= 15 is 0 Å². The van der Waals surface area contributed by atoms with E-state index in [0.29, 0.717) is 11.3 Å². The van der Waals surface area contributed by atoms with E-state index in [9.17, 15) is 18.0 Å². The van der Waals surface area contributed by atoms with E-state index in [1.165, 1.54) is 0 Å². The highest BCUT2D eigenvalue weighted by atomic mass is 19.4. The Hall–Kier alpha value is -3.93. The summed E-state index contributed by atoms with van der Waals surface area (Å²) in [5.74, 6) is -0.794. The van der Waals surface area contributed by atoms with E-state index in [1.807, 2.05) is 0 Å². The summed E-state index contributed by atoms with van der Waals surface area (Å²) in [7, 11) is 0. The summed E-state index contributed by atoms with van der Waals surface area (Å²) < 4.78 is 60.6. The average molecular weight is 501 g/mol. The van der Waals surface area contributed by atoms with Gasteiger partial charge in [-0.1, -0.05) is 25.6 Å². The van der Waals surface area contributed by atoms with Crippen molar-refractivity contribution in [1.29, 1.82) is 0 Å². The molecule has 3 aromatic rings. The number of hydrogen-bond donors (Lipinski definition) is 1. The Kier molecular flexibility index (Phi) is 6.12. The fraction of sp³-hybridized carbons (Fsp3) is 0.333. The van der Waals surface area contributed by atoms with Crippen LogP contribution in [-0.4, -0.2) is 53.8 Å². The van der Waals surface area contributed by atoms with Crippen molar-refractivity contribution < 1.29 is 32.2 Å². The number of halogens is 3. The predicted octanol–water partition coefficient (Wildman–Crippen LogP) is 3.82. The molecule has 0 radical (unpaired) electrons. The van der Waals surface area contributed by atoms with E-state index in [4.69, 9.17) is 14.2 Å². The van der Waals surface area contributed by atoms with Gasteiger partial charge in [-0.25, -0.2) is 4.98 Å². The third kappa shape index (κ3) is 4.28. The van der Waals surface area contributed by atoms with Gasteiger partial charge in [0.15, 0.2) is 0 Å². The van der Waals surface area contributed by atoms with Gasteiger partial charge in [0, 0.05) is 11.3 Å². The lowest BCUT2D eigenvalue weighted by Crippen LogP contribution is -2.43. The molecular formula is C24H22F3N5O4. The zero-order valence-electron chi connectivity index (χ0n) is 19.3. The van der Waals surface area contributed by atoms with Gasteiger partial charge in [0.1, 0.15) is 48.3 Å². The van der Waals surface area contributed by atoms with Gasteiger partial charge in [-0.15, -0.1) is 0 Å². The van der Waals surface area contributed by atoms with Gasteiger partial charge in [0.05, 0.1) is 24.2 Å². The van der Waals surface area contributed by atoms with Crippen molar-refractivity contribution in [3.8, 4) is 11.8 Å². The Morgan fingerprint density at radius 1 is 1.11 bits per heavy atom. The molecule has 1 fully saturated rings. The number of aryl methyl sites for hydroxylation is 1. The minimum atomic E-state index is -4.89. The first-order chi connectivity index (χ1) is 17.3. The van der Waals surface area contributed by atoms with Gasteiger partial charge in [0.2, 0.25) is 0 Å². The number of rotatable bonds is 2. The third-order valence-electron chi connectivity index (χ3n) is 5.79. The van der Waals surface area contributed by atoms with E-state index in [0.717, 1.165) is 4.90 Å². The number of hydrogen-bond acceptors (Lipinski definition) is 8. The van der Waals surface area contributed by atoms with Crippen LogP contribution < -0.4 is 19.7 Å². The molecule has 12 heteroatoms. The highest BCUT2D eigenvalue weighted by Crippen LogP contribution is 2.44. The Bertz CT molecular complexity index is 1360. The van der Waals surface area contributed by atoms with Crippen molar-refractivity contribution in [2.75, 3.05) is 43.2 Å². The van der Waals surface area contributed by atoms with Crippen molar-refractivity contribution in [3.05, 3.63) is 47.7 Å². The second-order valence-electron chi connectivity index (χ2n) is 8.08. The van der Waals surface area contributed by atoms with Gasteiger partial charge >= 0.3 is 12.2 Å². The number of morpholine rings is 1. The van der Waals surface area contributed by atoms with Crippen molar-refractivity contribution in [2.45, 2.75) is 19.5 Å². The number of carbonyl (C=O) groups is 1. The molecule has 2 aliphatic heterocycles. The second-order valence-corrected chi connectivity index (χ2v) is 8.08. The molecule has 4 heterocycles. The van der Waals surface area contributed by atoms with Gasteiger partial charge in [-0.3, -0.25) is 9.69 Å². The lowest BCUT2D eigenvalue weighted by molar-refractivity contribution is -0.136. The maximum absolute atomic E-state index is 14.7. The lowest BCUT2D eigenvalue weighted by Gasteiger charge is -2.29. The number of anilines is 2. The Morgan fingerprint density at radius 3 is 2.64 bits per heavy atom. The van der Waals surface area contributed by atoms with Gasteiger partial charge in [-0.05, 0) is 18.6 Å². The first kappa shape index (κ1) is 23.8. The van der Waals surface area contributed by atoms with Gasteiger partial charge in [0.25, 0.3) is 5.91 Å². The number of nitrogens with zero attached hydrogens (tertiary/aromatic N) is 4. The third-order valence-corrected chi connectivity index (χ3v) is 5.79. The molecule has 2 aliphatic rings. The summed E-state index contributed by atoms with van der Waals surface area (Å²) in [4.78, 5) is 26.4. The minimum absolute atomic E-state index is 0.0250. The summed E-state index contributed by atoms with van der Waals surface area (Å²) in [6.07, 6.45) is -4.63. The standard InChI is InChI=1S/C24H22F3N5O4/c1-3-15-20-18(19(24(25,26)27)22(29-15)32-8-9-34-12-17(32)33)21-28-13(2)14-6-4-5-7-16(14)35-10-11-36-23(30-20)31-21/h4-7H,2-3,8-12H2,1H3,(H,28,30,31). The van der Waals surface area contributed by atoms with E-state index in [2.05, 4.69) is 26.8 Å². The zero-order valence-corrected chi connectivity index (χ0v) is 19.3. The number of carbonyl (C=O) groups excluding carboxylic acids is 1. The molecule has 5 rings (SSSR count). The number of amides is 1. The largest absolute Gasteiger partial charge is 0.489 e. The number of alkyl halides is 3. The smallest absolute Gasteiger partial charge is 0.420 e. The normalized spacial score (nSPS) is 16.5. The highest BCUT2D eigenvalue weighted by molar-refractivity contribution is 6.03. The van der Waals surface area contributed by atoms with Crippen LogP contribution in [0.1, 0.15) is 23.7 Å². The molecule has 36 heavy (non-hydrogen) atoms. The van der Waals surface area contributed by atoms with Crippen LogP contribution in [0.2, 0.25) is 0 Å². The molecule has 1 N–H and O–H groups in total. The summed E-state index contributed by atoms with van der Waals surface area (Å²) >= 11 is 0. The first-order valence-electron chi connectivity index (χ1n) is 11.3. The van der Waals surface area contributed by atoms with Crippen LogP contribution in [0.25, 0.3) is 16.6 Å². The summed E-state index contributed by atoms with van der Waals surface area (Å²) in [5.41, 5.74) is -0.0611. The molecule has 0 atom stereocenters. The SMILES string of the molecule is C=C1Nc2nc(nc3c(CC)nc(N4CCOCC4=O)c(C(F)(F)F)c23)OCCOc2ccccc21. The number of nitrogens with one attached hydrogen (secondary N) is 1. The fourth-order valence-electron chi connectivity index (χ4n) is 4.18. The van der Waals surface area contributed by atoms with Gasteiger partial charge in [-0.2, -0.15) is 23.1 Å². The maximum Gasteiger partial charge on any atom is 0.420 e. The topological polar surface area (TPSA) is 98.7 Å². The molecule has 2 aromatic heterocycles. The van der Waals surface area contributed by atoms with E-state index in [-0.39, 0.29) is 73.5 Å². The van der Waals surface area contributed by atoms with Crippen LogP contribution >= 0.6 is 0 Å². The van der Waals surface area contributed by atoms with E-state index < -0.39 is 23.5 Å². The van der Waals surface area contributed by atoms with E-state index in [1.54, 1.807) is 31.2 Å². The van der Waals surface area contributed by atoms with Crippen molar-refractivity contribution in [2.24, 2.45) is 0 Å². The Balaban J connectivity index is 1.81. The molecule has 2 bridgehead atoms. The van der Waals surface area contributed by atoms with Crippen molar-refractivity contribution >= 4 is 34.1 Å². The number of aromatic nitrogens is 3.